The van der Waals surface area contributed by atoms with E-state index in [-0.39, 0.29) is 18.0 Å². The van der Waals surface area contributed by atoms with Crippen LogP contribution in [0, 0.1) is 11.8 Å². The molecule has 0 bridgehead atoms. The Morgan fingerprint density at radius 3 is 2.19 bits per heavy atom. The van der Waals surface area contributed by atoms with Crippen LogP contribution in [0.4, 0.5) is 4.79 Å². The number of likely N-dealkylation sites (tertiary alicyclic amines) is 1. The lowest BCUT2D eigenvalue weighted by atomic mass is 9.80. The van der Waals surface area contributed by atoms with E-state index in [9.17, 15) is 14.7 Å². The molecule has 1 aliphatic heterocycles. The lowest BCUT2D eigenvalue weighted by Crippen LogP contribution is -2.49. The summed E-state index contributed by atoms with van der Waals surface area (Å²) in [4.78, 5) is 27.6. The summed E-state index contributed by atoms with van der Waals surface area (Å²) in [5.74, 6) is -0.696. The van der Waals surface area contributed by atoms with Crippen molar-refractivity contribution in [2.75, 3.05) is 13.1 Å². The van der Waals surface area contributed by atoms with Gasteiger partial charge in [-0.05, 0) is 93.6 Å². The van der Waals surface area contributed by atoms with E-state index in [1.807, 2.05) is 79.7 Å². The van der Waals surface area contributed by atoms with Crippen molar-refractivity contribution in [3.8, 4) is 0 Å². The number of hydrogen-bond acceptors (Lipinski definition) is 6. The Bertz CT molecular complexity index is 910. The Kier molecular flexibility index (Phi) is 9.33. The average molecular weight is 502 g/mol. The molecule has 0 unspecified atom stereocenters. The molecule has 0 aromatic heterocycles. The van der Waals surface area contributed by atoms with Gasteiger partial charge in [0, 0.05) is 13.1 Å². The first-order valence-electron chi connectivity index (χ1n) is 12.8. The first-order chi connectivity index (χ1) is 16.3. The number of hydrogen-bond donors (Lipinski definition) is 1. The van der Waals surface area contributed by atoms with Crippen molar-refractivity contribution < 1.29 is 28.8 Å². The van der Waals surface area contributed by atoms with Gasteiger partial charge < -0.3 is 24.1 Å². The topological polar surface area (TPSA) is 85.3 Å². The number of amides is 1. The molecule has 1 fully saturated rings. The highest BCUT2D eigenvalue weighted by molar-refractivity contribution is 6.47. The molecule has 36 heavy (non-hydrogen) atoms. The predicted octanol–water partition coefficient (Wildman–Crippen LogP) is 4.25. The smallest absolute Gasteiger partial charge is 0.410 e. The van der Waals surface area contributed by atoms with Gasteiger partial charge in [-0.3, -0.25) is 4.79 Å². The minimum absolute atomic E-state index is 0.0367. The maximum absolute atomic E-state index is 13.3. The molecule has 0 aliphatic carbocycles. The SMILES string of the molecule is CC(C)(C)OC(=O)[C@@H](Cc1cccc([B]OC(C)(C)C(C)(C)O)c1)[C@H]1CCN(C(=O)OC(C)(C)C)C1. The summed E-state index contributed by atoms with van der Waals surface area (Å²) in [5, 5.41) is 10.4. The Labute approximate surface area is 218 Å². The zero-order valence-electron chi connectivity index (χ0n) is 23.8. The molecule has 2 rings (SSSR count). The minimum Gasteiger partial charge on any atom is -0.460 e. The number of aliphatic hydroxyl groups is 1. The quantitative estimate of drug-likeness (QED) is 0.423. The van der Waals surface area contributed by atoms with E-state index in [0.29, 0.717) is 25.9 Å². The van der Waals surface area contributed by atoms with Crippen LogP contribution in [0.5, 0.6) is 0 Å². The van der Waals surface area contributed by atoms with Gasteiger partial charge in [-0.25, -0.2) is 4.79 Å². The number of ether oxygens (including phenoxy) is 2. The van der Waals surface area contributed by atoms with Crippen LogP contribution in [-0.4, -0.2) is 65.0 Å². The highest BCUT2D eigenvalue weighted by Crippen LogP contribution is 2.30. The lowest BCUT2D eigenvalue weighted by molar-refractivity contribution is -0.161. The third kappa shape index (κ3) is 9.11. The number of carbonyl (C=O) groups excluding carboxylic acids is 2. The van der Waals surface area contributed by atoms with E-state index < -0.39 is 28.3 Å². The molecule has 201 valence electrons. The summed E-state index contributed by atoms with van der Waals surface area (Å²) >= 11 is 0. The standard InChI is InChI=1S/C28H45BNO6/c1-25(2,3)34-23(31)22(20-14-15-30(18-20)24(32)35-26(4,5)6)17-19-12-11-13-21(16-19)29-36-28(9,10)27(7,8)33/h11-13,16,20,22,33H,14-15,17-18H2,1-10H3/t20-,22-/m0/s1. The zero-order chi connectivity index (χ0) is 27.5. The van der Waals surface area contributed by atoms with E-state index in [4.69, 9.17) is 14.1 Å². The van der Waals surface area contributed by atoms with Crippen LogP contribution in [-0.2, 0) is 25.3 Å². The van der Waals surface area contributed by atoms with Crippen molar-refractivity contribution in [1.29, 1.82) is 0 Å². The number of esters is 1. The first-order valence-corrected chi connectivity index (χ1v) is 12.8. The Balaban J connectivity index is 2.19. The molecule has 7 nitrogen and oxygen atoms in total. The molecule has 2 atom stereocenters. The van der Waals surface area contributed by atoms with Crippen molar-refractivity contribution in [1.82, 2.24) is 4.90 Å². The van der Waals surface area contributed by atoms with Gasteiger partial charge in [0.15, 0.2) is 0 Å². The number of nitrogens with zero attached hydrogens (tertiary/aromatic N) is 1. The highest BCUT2D eigenvalue weighted by Gasteiger charge is 2.39. The van der Waals surface area contributed by atoms with Gasteiger partial charge in [-0.15, -0.1) is 0 Å². The van der Waals surface area contributed by atoms with Crippen molar-refractivity contribution >= 4 is 25.0 Å². The van der Waals surface area contributed by atoms with Gasteiger partial charge in [0.1, 0.15) is 11.2 Å². The number of benzene rings is 1. The molecule has 1 aromatic carbocycles. The maximum atomic E-state index is 13.3. The van der Waals surface area contributed by atoms with Crippen LogP contribution in [0.2, 0.25) is 0 Å². The van der Waals surface area contributed by atoms with Gasteiger partial charge in [0.2, 0.25) is 0 Å². The minimum atomic E-state index is -1.02. The maximum Gasteiger partial charge on any atom is 0.410 e. The molecule has 1 saturated heterocycles. The Morgan fingerprint density at radius 1 is 1.03 bits per heavy atom. The second-order valence-corrected chi connectivity index (χ2v) is 12.9. The fourth-order valence-electron chi connectivity index (χ4n) is 3.83. The van der Waals surface area contributed by atoms with Gasteiger partial charge in [0.25, 0.3) is 0 Å². The molecular weight excluding hydrogens is 457 g/mol. The molecule has 1 aliphatic rings. The fourth-order valence-corrected chi connectivity index (χ4v) is 3.83. The normalized spacial score (nSPS) is 18.1. The van der Waals surface area contributed by atoms with Crippen LogP contribution in [0.3, 0.4) is 0 Å². The molecule has 0 spiro atoms. The van der Waals surface area contributed by atoms with Crippen LogP contribution in [0.15, 0.2) is 24.3 Å². The van der Waals surface area contributed by atoms with Crippen LogP contribution in [0.1, 0.15) is 81.2 Å². The van der Waals surface area contributed by atoms with Crippen molar-refractivity contribution in [3.63, 3.8) is 0 Å². The highest BCUT2D eigenvalue weighted by atomic mass is 16.6. The molecule has 1 N–H and O–H groups in total. The van der Waals surface area contributed by atoms with Gasteiger partial charge >= 0.3 is 19.5 Å². The Morgan fingerprint density at radius 2 is 1.64 bits per heavy atom. The monoisotopic (exact) mass is 502 g/mol. The third-order valence-electron chi connectivity index (χ3n) is 6.52. The summed E-state index contributed by atoms with van der Waals surface area (Å²) in [5.41, 5.74) is -1.17. The van der Waals surface area contributed by atoms with E-state index in [0.717, 1.165) is 11.0 Å². The molecule has 1 amide bonds. The van der Waals surface area contributed by atoms with E-state index in [1.165, 1.54) is 0 Å². The third-order valence-corrected chi connectivity index (χ3v) is 6.52. The van der Waals surface area contributed by atoms with E-state index in [2.05, 4.69) is 0 Å². The van der Waals surface area contributed by atoms with Gasteiger partial charge in [-0.2, -0.15) is 0 Å². The second-order valence-electron chi connectivity index (χ2n) is 12.9. The zero-order valence-corrected chi connectivity index (χ0v) is 23.8. The number of carbonyl (C=O) groups is 2. The number of rotatable bonds is 8. The molecule has 8 heteroatoms. The average Bonchev–Trinajstić information content (AvgIpc) is 3.17. The molecule has 0 saturated carbocycles. The summed E-state index contributed by atoms with van der Waals surface area (Å²) in [6.07, 6.45) is 0.840. The molecule has 1 radical (unpaired) electrons. The largest absolute Gasteiger partial charge is 0.460 e. The summed E-state index contributed by atoms with van der Waals surface area (Å²) < 4.78 is 17.2. The van der Waals surface area contributed by atoms with E-state index >= 15 is 0 Å². The van der Waals surface area contributed by atoms with E-state index in [1.54, 1.807) is 26.2 Å². The van der Waals surface area contributed by atoms with Crippen molar-refractivity contribution in [2.45, 2.75) is 104 Å². The summed E-state index contributed by atoms with van der Waals surface area (Å²) in [6, 6.07) is 7.82. The Hall–Kier alpha value is -2.06. The molecule has 1 heterocycles. The first kappa shape index (κ1) is 30.2. The lowest BCUT2D eigenvalue weighted by Gasteiger charge is -2.37. The van der Waals surface area contributed by atoms with Crippen LogP contribution < -0.4 is 5.46 Å². The van der Waals surface area contributed by atoms with Gasteiger partial charge in [-0.1, -0.05) is 29.7 Å². The summed E-state index contributed by atoms with van der Waals surface area (Å²) in [7, 11) is 1.64. The van der Waals surface area contributed by atoms with Crippen LogP contribution >= 0.6 is 0 Å². The summed E-state index contributed by atoms with van der Waals surface area (Å²) in [6.45, 7) is 19.2. The van der Waals surface area contributed by atoms with Crippen molar-refractivity contribution in [3.05, 3.63) is 29.8 Å². The second kappa shape index (κ2) is 11.1. The fraction of sp³-hybridized carbons (Fsp3) is 0.714. The van der Waals surface area contributed by atoms with Crippen LogP contribution in [0.25, 0.3) is 0 Å². The molecule has 1 aromatic rings. The van der Waals surface area contributed by atoms with Gasteiger partial charge in [0.05, 0.1) is 17.1 Å². The van der Waals surface area contributed by atoms with Crippen molar-refractivity contribution in [2.24, 2.45) is 11.8 Å². The predicted molar refractivity (Wildman–Crippen MR) is 142 cm³/mol. The molecular formula is C28H45BNO6.